The second-order valence-corrected chi connectivity index (χ2v) is 8.59. The maximum absolute atomic E-state index is 15.6. The fraction of sp³-hybridized carbons (Fsp3) is 0.190. The van der Waals surface area contributed by atoms with Gasteiger partial charge in [0.2, 0.25) is 6.43 Å². The molecule has 3 aromatic carbocycles. The Morgan fingerprint density at radius 2 is 1.81 bits per heavy atom. The Bertz CT molecular complexity index is 1250. The molecule has 6 nitrogen and oxygen atoms in total. The van der Waals surface area contributed by atoms with Crippen molar-refractivity contribution >= 4 is 32.6 Å². The van der Waals surface area contributed by atoms with E-state index in [2.05, 4.69) is 0 Å². The number of nitrogens with one attached hydrogen (secondary N) is 1. The maximum atomic E-state index is 15.6. The van der Waals surface area contributed by atoms with E-state index in [9.17, 15) is 22.0 Å². The number of hydrogen-bond acceptors (Lipinski definition) is 4. The molecule has 0 spiro atoms. The van der Waals surface area contributed by atoms with Crippen LogP contribution in [0, 0.1) is 5.82 Å². The lowest BCUT2D eigenvalue weighted by Crippen LogP contribution is -2.30. The molecule has 1 fully saturated rings. The lowest BCUT2D eigenvalue weighted by molar-refractivity contribution is -0.117. The molecular formula is C21H17F3N2O4S. The van der Waals surface area contributed by atoms with Gasteiger partial charge in [-0.15, -0.1) is 0 Å². The number of benzene rings is 3. The third-order valence-electron chi connectivity index (χ3n) is 4.78. The van der Waals surface area contributed by atoms with Crippen LogP contribution in [0.4, 0.5) is 18.9 Å². The summed E-state index contributed by atoms with van der Waals surface area (Å²) in [5, 5.41) is 0.299. The van der Waals surface area contributed by atoms with Crippen molar-refractivity contribution in [3.05, 3.63) is 71.5 Å². The SMILES string of the molecule is O=C1CN(c2c(OCc3ccccc3)cc3ccc(CC(F)F)cc3c2F)S(=O)(=O)N1. The lowest BCUT2D eigenvalue weighted by atomic mass is 10.0. The minimum atomic E-state index is -4.32. The number of fused-ring (bicyclic) bond motifs is 1. The predicted molar refractivity (Wildman–Crippen MR) is 109 cm³/mol. The van der Waals surface area contributed by atoms with E-state index in [0.717, 1.165) is 5.56 Å². The summed E-state index contributed by atoms with van der Waals surface area (Å²) in [6, 6.07) is 14.6. The Kier molecular flexibility index (Phi) is 5.48. The van der Waals surface area contributed by atoms with Crippen LogP contribution in [0.2, 0.25) is 0 Å². The van der Waals surface area contributed by atoms with Gasteiger partial charge >= 0.3 is 10.2 Å². The second-order valence-electron chi connectivity index (χ2n) is 7.00. The molecule has 1 amide bonds. The van der Waals surface area contributed by atoms with Gasteiger partial charge in [0.05, 0.1) is 0 Å². The number of anilines is 1. The number of hydrogen-bond donors (Lipinski definition) is 1. The first kappa shape index (κ1) is 21.0. The summed E-state index contributed by atoms with van der Waals surface area (Å²) in [5.41, 5.74) is 0.513. The smallest absolute Gasteiger partial charge is 0.326 e. The zero-order valence-corrected chi connectivity index (χ0v) is 16.8. The lowest BCUT2D eigenvalue weighted by Gasteiger charge is -2.21. The summed E-state index contributed by atoms with van der Waals surface area (Å²) in [4.78, 5) is 11.7. The highest BCUT2D eigenvalue weighted by molar-refractivity contribution is 7.92. The number of amides is 1. The van der Waals surface area contributed by atoms with E-state index in [0.29, 0.717) is 9.69 Å². The quantitative estimate of drug-likeness (QED) is 0.623. The van der Waals surface area contributed by atoms with Crippen molar-refractivity contribution in [1.29, 1.82) is 0 Å². The molecular weight excluding hydrogens is 433 g/mol. The van der Waals surface area contributed by atoms with Gasteiger partial charge in [0.25, 0.3) is 5.91 Å². The fourth-order valence-corrected chi connectivity index (χ4v) is 4.55. The highest BCUT2D eigenvalue weighted by Gasteiger charge is 2.38. The highest BCUT2D eigenvalue weighted by Crippen LogP contribution is 2.40. The van der Waals surface area contributed by atoms with Crippen LogP contribution < -0.4 is 13.8 Å². The number of rotatable bonds is 6. The topological polar surface area (TPSA) is 75.7 Å². The molecule has 1 N–H and O–H groups in total. The summed E-state index contributed by atoms with van der Waals surface area (Å²) < 4.78 is 74.0. The first-order valence-corrected chi connectivity index (χ1v) is 10.7. The summed E-state index contributed by atoms with van der Waals surface area (Å²) in [7, 11) is -4.32. The molecule has 0 aromatic heterocycles. The van der Waals surface area contributed by atoms with Crippen LogP contribution in [-0.4, -0.2) is 27.3 Å². The first-order chi connectivity index (χ1) is 14.7. The van der Waals surface area contributed by atoms with Crippen molar-refractivity contribution < 1.29 is 31.1 Å². The first-order valence-electron chi connectivity index (χ1n) is 9.28. The van der Waals surface area contributed by atoms with E-state index >= 15 is 4.39 Å². The monoisotopic (exact) mass is 450 g/mol. The molecule has 3 aromatic rings. The standard InChI is InChI=1S/C21H17F3N2O4S/c22-18(23)9-14-6-7-15-10-17(30-12-13-4-2-1-3-5-13)21(20(24)16(15)8-14)26-11-19(27)25-31(26,28)29/h1-8,10,18H,9,11-12H2,(H,25,27). The van der Waals surface area contributed by atoms with Crippen molar-refractivity contribution in [1.82, 2.24) is 4.72 Å². The van der Waals surface area contributed by atoms with Crippen LogP contribution in [0.25, 0.3) is 10.8 Å². The summed E-state index contributed by atoms with van der Waals surface area (Å²) in [6.45, 7) is -0.597. The van der Waals surface area contributed by atoms with Crippen molar-refractivity contribution in [3.8, 4) is 5.75 Å². The molecule has 0 radical (unpaired) electrons. The van der Waals surface area contributed by atoms with Crippen LogP contribution in [0.1, 0.15) is 11.1 Å². The Balaban J connectivity index is 1.84. The van der Waals surface area contributed by atoms with Crippen molar-refractivity contribution in [2.75, 3.05) is 10.8 Å². The number of nitrogens with zero attached hydrogens (tertiary/aromatic N) is 1. The average molecular weight is 450 g/mol. The third kappa shape index (κ3) is 4.29. The van der Waals surface area contributed by atoms with Gasteiger partial charge in [-0.3, -0.25) is 4.79 Å². The van der Waals surface area contributed by atoms with Crippen molar-refractivity contribution in [2.24, 2.45) is 0 Å². The van der Waals surface area contributed by atoms with E-state index in [-0.39, 0.29) is 23.3 Å². The Morgan fingerprint density at radius 1 is 1.06 bits per heavy atom. The van der Waals surface area contributed by atoms with Gasteiger partial charge in [0.1, 0.15) is 24.6 Å². The number of ether oxygens (including phenoxy) is 1. The molecule has 1 aliphatic rings. The minimum absolute atomic E-state index is 0.0253. The van der Waals surface area contributed by atoms with E-state index in [1.54, 1.807) is 29.0 Å². The van der Waals surface area contributed by atoms with Gasteiger partial charge in [0, 0.05) is 11.8 Å². The van der Waals surface area contributed by atoms with Gasteiger partial charge in [-0.05, 0) is 28.6 Å². The van der Waals surface area contributed by atoms with E-state index in [4.69, 9.17) is 4.74 Å². The molecule has 1 heterocycles. The Morgan fingerprint density at radius 3 is 2.45 bits per heavy atom. The van der Waals surface area contributed by atoms with Gasteiger partial charge in [-0.2, -0.15) is 8.42 Å². The minimum Gasteiger partial charge on any atom is -0.487 e. The van der Waals surface area contributed by atoms with Crippen LogP contribution in [0.3, 0.4) is 0 Å². The van der Waals surface area contributed by atoms with E-state index in [1.165, 1.54) is 24.3 Å². The highest BCUT2D eigenvalue weighted by atomic mass is 32.2. The average Bonchev–Trinajstić information content (AvgIpc) is 2.99. The Labute approximate surface area is 176 Å². The molecule has 0 saturated carbocycles. The molecule has 0 atom stereocenters. The molecule has 1 aliphatic heterocycles. The second kappa shape index (κ2) is 8.10. The third-order valence-corrected chi connectivity index (χ3v) is 6.16. The molecule has 162 valence electrons. The molecule has 0 aliphatic carbocycles. The van der Waals surface area contributed by atoms with Crippen LogP contribution >= 0.6 is 0 Å². The summed E-state index contributed by atoms with van der Waals surface area (Å²) >= 11 is 0. The fourth-order valence-electron chi connectivity index (χ4n) is 3.39. The zero-order chi connectivity index (χ0) is 22.2. The number of carbonyl (C=O) groups is 1. The molecule has 0 unspecified atom stereocenters. The molecule has 10 heteroatoms. The van der Waals surface area contributed by atoms with Crippen molar-refractivity contribution in [3.63, 3.8) is 0 Å². The van der Waals surface area contributed by atoms with E-state index in [1.807, 2.05) is 6.07 Å². The predicted octanol–water partition coefficient (Wildman–Crippen LogP) is 3.55. The molecule has 1 saturated heterocycles. The van der Waals surface area contributed by atoms with Gasteiger partial charge < -0.3 is 4.74 Å². The Hall–Kier alpha value is -3.27. The van der Waals surface area contributed by atoms with Gasteiger partial charge in [-0.1, -0.05) is 42.5 Å². The number of alkyl halides is 2. The summed E-state index contributed by atoms with van der Waals surface area (Å²) in [6.07, 6.45) is -3.19. The zero-order valence-electron chi connectivity index (χ0n) is 16.0. The maximum Gasteiger partial charge on any atom is 0.326 e. The summed E-state index contributed by atoms with van der Waals surface area (Å²) in [5.74, 6) is -1.88. The number of carbonyl (C=O) groups excluding carboxylic acids is 1. The van der Waals surface area contributed by atoms with E-state index < -0.39 is 47.0 Å². The van der Waals surface area contributed by atoms with Crippen molar-refractivity contribution in [2.45, 2.75) is 19.5 Å². The number of halogens is 3. The molecule has 0 bridgehead atoms. The molecule has 31 heavy (non-hydrogen) atoms. The van der Waals surface area contributed by atoms with Crippen LogP contribution in [-0.2, 0) is 28.0 Å². The largest absolute Gasteiger partial charge is 0.487 e. The normalized spacial score (nSPS) is 15.5. The molecule has 4 rings (SSSR count). The van der Waals surface area contributed by atoms with Crippen LogP contribution in [0.15, 0.2) is 54.6 Å². The van der Waals surface area contributed by atoms with Crippen LogP contribution in [0.5, 0.6) is 5.75 Å². The van der Waals surface area contributed by atoms with Gasteiger partial charge in [0.15, 0.2) is 5.82 Å². The van der Waals surface area contributed by atoms with Gasteiger partial charge in [-0.25, -0.2) is 22.2 Å².